The maximum absolute atomic E-state index is 12.3. The highest BCUT2D eigenvalue weighted by atomic mass is 32.2. The summed E-state index contributed by atoms with van der Waals surface area (Å²) in [6, 6.07) is 1.97. The lowest BCUT2D eigenvalue weighted by Crippen LogP contribution is -2.42. The Kier molecular flexibility index (Phi) is 4.19. The third-order valence-electron chi connectivity index (χ3n) is 3.13. The number of nitrogens with zero attached hydrogens (tertiary/aromatic N) is 1. The van der Waals surface area contributed by atoms with Crippen LogP contribution in [0.15, 0.2) is 16.8 Å². The molecule has 1 aliphatic heterocycles. The normalized spacial score (nSPS) is 18.7. The maximum Gasteiger partial charge on any atom is 0.217 e. The van der Waals surface area contributed by atoms with Gasteiger partial charge in [-0.2, -0.15) is 11.3 Å². The van der Waals surface area contributed by atoms with E-state index in [0.717, 1.165) is 31.5 Å². The van der Waals surface area contributed by atoms with Gasteiger partial charge in [0.1, 0.15) is 0 Å². The van der Waals surface area contributed by atoms with Crippen LogP contribution in [0.3, 0.4) is 0 Å². The summed E-state index contributed by atoms with van der Waals surface area (Å²) in [5.74, 6) is 0. The van der Waals surface area contributed by atoms with Crippen molar-refractivity contribution in [3.63, 3.8) is 0 Å². The molecular formula is C11H18N2O2S2. The summed E-state index contributed by atoms with van der Waals surface area (Å²) < 4.78 is 26.1. The Hall–Kier alpha value is -0.430. The van der Waals surface area contributed by atoms with E-state index < -0.39 is 10.0 Å². The Bertz CT molecular complexity index is 436. The van der Waals surface area contributed by atoms with Crippen molar-refractivity contribution in [1.29, 1.82) is 0 Å². The lowest BCUT2D eigenvalue weighted by molar-refractivity contribution is 0.429. The van der Waals surface area contributed by atoms with E-state index in [-0.39, 0.29) is 5.25 Å². The lowest BCUT2D eigenvalue weighted by Gasteiger charge is -2.27. The number of piperidine rings is 1. The van der Waals surface area contributed by atoms with Gasteiger partial charge in [-0.1, -0.05) is 0 Å². The molecule has 1 aromatic heterocycles. The summed E-state index contributed by atoms with van der Waals surface area (Å²) in [7, 11) is -1.46. The van der Waals surface area contributed by atoms with E-state index in [0.29, 0.717) is 6.54 Å². The number of nitrogens with one attached hydrogen (secondary N) is 1. The van der Waals surface area contributed by atoms with Gasteiger partial charge in [-0.25, -0.2) is 12.7 Å². The van der Waals surface area contributed by atoms with Crippen LogP contribution in [0, 0.1) is 0 Å². The van der Waals surface area contributed by atoms with Gasteiger partial charge in [-0.15, -0.1) is 0 Å². The smallest absolute Gasteiger partial charge is 0.217 e. The second kappa shape index (κ2) is 5.48. The van der Waals surface area contributed by atoms with Crippen LogP contribution in [-0.4, -0.2) is 38.1 Å². The number of hydrogen-bond acceptors (Lipinski definition) is 4. The molecule has 1 aromatic rings. The fourth-order valence-corrected chi connectivity index (χ4v) is 4.41. The molecule has 0 atom stereocenters. The van der Waals surface area contributed by atoms with Crippen molar-refractivity contribution in [3.05, 3.63) is 22.4 Å². The first kappa shape index (κ1) is 13.0. The van der Waals surface area contributed by atoms with E-state index in [2.05, 4.69) is 5.32 Å². The van der Waals surface area contributed by atoms with Gasteiger partial charge >= 0.3 is 0 Å². The van der Waals surface area contributed by atoms with Gasteiger partial charge in [0.2, 0.25) is 10.0 Å². The van der Waals surface area contributed by atoms with Crippen LogP contribution in [0.4, 0.5) is 0 Å². The zero-order valence-electron chi connectivity index (χ0n) is 9.93. The van der Waals surface area contributed by atoms with Gasteiger partial charge in [0, 0.05) is 13.6 Å². The van der Waals surface area contributed by atoms with E-state index in [1.807, 2.05) is 16.8 Å². The first-order chi connectivity index (χ1) is 8.10. The fourth-order valence-electron chi connectivity index (χ4n) is 2.08. The quantitative estimate of drug-likeness (QED) is 0.899. The summed E-state index contributed by atoms with van der Waals surface area (Å²) in [6.07, 6.45) is 1.44. The molecule has 6 heteroatoms. The zero-order chi connectivity index (χ0) is 12.3. The summed E-state index contributed by atoms with van der Waals surface area (Å²) in [5.41, 5.74) is 1.06. The highest BCUT2D eigenvalue weighted by Gasteiger charge is 2.30. The van der Waals surface area contributed by atoms with Crippen molar-refractivity contribution in [3.8, 4) is 0 Å². The van der Waals surface area contributed by atoms with Crippen molar-refractivity contribution in [2.24, 2.45) is 0 Å². The van der Waals surface area contributed by atoms with Crippen molar-refractivity contribution in [2.75, 3.05) is 20.1 Å². The molecule has 2 rings (SSSR count). The summed E-state index contributed by atoms with van der Waals surface area (Å²) in [6.45, 7) is 2.09. The predicted molar refractivity (Wildman–Crippen MR) is 70.6 cm³/mol. The Morgan fingerprint density at radius 3 is 2.76 bits per heavy atom. The molecule has 1 saturated heterocycles. The van der Waals surface area contributed by atoms with Crippen molar-refractivity contribution in [1.82, 2.24) is 9.62 Å². The first-order valence-electron chi connectivity index (χ1n) is 5.77. The van der Waals surface area contributed by atoms with Gasteiger partial charge < -0.3 is 5.32 Å². The van der Waals surface area contributed by atoms with E-state index in [1.54, 1.807) is 18.4 Å². The van der Waals surface area contributed by atoms with Crippen LogP contribution in [0.5, 0.6) is 0 Å². The molecule has 1 aliphatic rings. The SMILES string of the molecule is CN(Cc1ccsc1)S(=O)(=O)C1CCNCC1. The van der Waals surface area contributed by atoms with Crippen LogP contribution >= 0.6 is 11.3 Å². The van der Waals surface area contributed by atoms with Crippen LogP contribution in [-0.2, 0) is 16.6 Å². The van der Waals surface area contributed by atoms with Gasteiger partial charge in [0.15, 0.2) is 0 Å². The van der Waals surface area contributed by atoms with Gasteiger partial charge in [0.25, 0.3) is 0 Å². The molecular weight excluding hydrogens is 256 g/mol. The van der Waals surface area contributed by atoms with Crippen molar-refractivity contribution < 1.29 is 8.42 Å². The number of hydrogen-bond donors (Lipinski definition) is 1. The topological polar surface area (TPSA) is 49.4 Å². The zero-order valence-corrected chi connectivity index (χ0v) is 11.6. The molecule has 0 amide bonds. The summed E-state index contributed by atoms with van der Waals surface area (Å²) in [4.78, 5) is 0. The average molecular weight is 274 g/mol. The minimum absolute atomic E-state index is 0.215. The second-order valence-electron chi connectivity index (χ2n) is 4.38. The Labute approximate surface area is 107 Å². The first-order valence-corrected chi connectivity index (χ1v) is 8.22. The van der Waals surface area contributed by atoms with E-state index in [4.69, 9.17) is 0 Å². The molecule has 1 N–H and O–H groups in total. The van der Waals surface area contributed by atoms with Gasteiger partial charge in [-0.05, 0) is 48.3 Å². The summed E-state index contributed by atoms with van der Waals surface area (Å²) in [5, 5.41) is 6.94. The molecule has 0 saturated carbocycles. The second-order valence-corrected chi connectivity index (χ2v) is 7.48. The highest BCUT2D eigenvalue weighted by Crippen LogP contribution is 2.19. The van der Waals surface area contributed by atoms with E-state index in [1.165, 1.54) is 4.31 Å². The number of rotatable bonds is 4. The standard InChI is InChI=1S/C11H18N2O2S2/c1-13(8-10-4-7-16-9-10)17(14,15)11-2-5-12-6-3-11/h4,7,9,11-12H,2-3,5-6,8H2,1H3. The van der Waals surface area contributed by atoms with E-state index in [9.17, 15) is 8.42 Å². The van der Waals surface area contributed by atoms with Crippen molar-refractivity contribution >= 4 is 21.4 Å². The molecule has 0 spiro atoms. The molecule has 0 aliphatic carbocycles. The molecule has 0 unspecified atom stereocenters. The van der Waals surface area contributed by atoms with Crippen molar-refractivity contribution in [2.45, 2.75) is 24.6 Å². The molecule has 0 radical (unpaired) electrons. The van der Waals surface area contributed by atoms with E-state index >= 15 is 0 Å². The molecule has 1 fully saturated rings. The number of sulfonamides is 1. The van der Waals surface area contributed by atoms with Crippen LogP contribution in [0.1, 0.15) is 18.4 Å². The summed E-state index contributed by atoms with van der Waals surface area (Å²) >= 11 is 1.60. The van der Waals surface area contributed by atoms with Crippen LogP contribution in [0.2, 0.25) is 0 Å². The molecule has 96 valence electrons. The molecule has 4 nitrogen and oxygen atoms in total. The highest BCUT2D eigenvalue weighted by molar-refractivity contribution is 7.89. The maximum atomic E-state index is 12.3. The third kappa shape index (κ3) is 3.07. The Balaban J connectivity index is 2.03. The fraction of sp³-hybridized carbons (Fsp3) is 0.636. The molecule has 0 bridgehead atoms. The average Bonchev–Trinajstić information content (AvgIpc) is 2.83. The minimum Gasteiger partial charge on any atom is -0.317 e. The van der Waals surface area contributed by atoms with Gasteiger partial charge in [0.05, 0.1) is 5.25 Å². The van der Waals surface area contributed by atoms with Gasteiger partial charge in [-0.3, -0.25) is 0 Å². The molecule has 17 heavy (non-hydrogen) atoms. The Morgan fingerprint density at radius 1 is 1.47 bits per heavy atom. The lowest BCUT2D eigenvalue weighted by atomic mass is 10.2. The predicted octanol–water partition coefficient (Wildman–Crippen LogP) is 1.26. The molecule has 0 aromatic carbocycles. The number of thiophene rings is 1. The largest absolute Gasteiger partial charge is 0.317 e. The Morgan fingerprint density at radius 2 is 2.18 bits per heavy atom. The molecule has 2 heterocycles. The van der Waals surface area contributed by atoms with Crippen LogP contribution < -0.4 is 5.32 Å². The minimum atomic E-state index is -3.14. The monoisotopic (exact) mass is 274 g/mol. The van der Waals surface area contributed by atoms with Crippen LogP contribution in [0.25, 0.3) is 0 Å². The third-order valence-corrected chi connectivity index (χ3v) is 6.17.